The van der Waals surface area contributed by atoms with E-state index in [0.29, 0.717) is 6.10 Å². The van der Waals surface area contributed by atoms with Crippen LogP contribution in [-0.2, 0) is 25.8 Å². The van der Waals surface area contributed by atoms with Crippen LogP contribution in [0.4, 0.5) is 0 Å². The normalized spacial score (nSPS) is 28.9. The van der Waals surface area contributed by atoms with Crippen LogP contribution >= 0.6 is 0 Å². The predicted octanol–water partition coefficient (Wildman–Crippen LogP) is 0.776. The smallest absolute Gasteiger partial charge is 0.0359 e. The Bertz CT molecular complexity index is 54.4. The summed E-state index contributed by atoms with van der Waals surface area (Å²) >= 11 is 0. The summed E-state index contributed by atoms with van der Waals surface area (Å²) in [5.41, 5.74) is 0. The number of ether oxygens (including phenoxy) is 1. The van der Waals surface area contributed by atoms with Gasteiger partial charge in [0.2, 0.25) is 0 Å². The van der Waals surface area contributed by atoms with Crippen molar-refractivity contribution in [3.63, 3.8) is 0 Å². The van der Waals surface area contributed by atoms with Gasteiger partial charge in [-0.3, -0.25) is 0 Å². The van der Waals surface area contributed by atoms with Crippen LogP contribution in [0.25, 0.3) is 5.32 Å². The molecule has 1 saturated heterocycles. The summed E-state index contributed by atoms with van der Waals surface area (Å²) in [6.45, 7) is 4.65. The average Bonchev–Trinajstić information content (AvgIpc) is 1.69. The van der Waals surface area contributed by atoms with Gasteiger partial charge in [-0.25, -0.2) is 0 Å². The second-order valence-electron chi connectivity index (χ2n) is 1.81. The monoisotopic (exact) mass is 284 g/mol. The molecule has 1 rings (SSSR count). The van der Waals surface area contributed by atoms with E-state index in [-0.39, 0.29) is 21.1 Å². The van der Waals surface area contributed by atoms with Crippen molar-refractivity contribution in [1.29, 1.82) is 0 Å². The van der Waals surface area contributed by atoms with E-state index < -0.39 is 0 Å². The molecule has 48 valence electrons. The number of rotatable bonds is 0. The third-order valence-electron chi connectivity index (χ3n) is 1.04. The number of hydrogen-bond acceptors (Lipinski definition) is 1. The van der Waals surface area contributed by atoms with Gasteiger partial charge in [-0.05, 0) is 6.92 Å². The van der Waals surface area contributed by atoms with Crippen LogP contribution in [0.3, 0.4) is 0 Å². The van der Waals surface area contributed by atoms with Gasteiger partial charge in [0, 0.05) is 33.8 Å². The minimum Gasteiger partial charge on any atom is -0.658 e. The van der Waals surface area contributed by atoms with Gasteiger partial charge in [0.1, 0.15) is 0 Å². The number of nitrogens with zero attached hydrogens (tertiary/aromatic N) is 1. The molecule has 0 aromatic heterocycles. The van der Waals surface area contributed by atoms with Crippen molar-refractivity contribution in [3.8, 4) is 0 Å². The second-order valence-corrected chi connectivity index (χ2v) is 1.81. The van der Waals surface area contributed by atoms with Gasteiger partial charge >= 0.3 is 0 Å². The summed E-state index contributed by atoms with van der Waals surface area (Å²) in [6, 6.07) is 0. The molecule has 0 N–H and O–H groups in total. The fourth-order valence-electron chi connectivity index (χ4n) is 0.644. The van der Waals surface area contributed by atoms with Crippen molar-refractivity contribution in [1.82, 2.24) is 0 Å². The molecule has 3 heteroatoms. The second kappa shape index (κ2) is 4.48. The quantitative estimate of drug-likeness (QED) is 0.644. The van der Waals surface area contributed by atoms with Crippen LogP contribution in [0.1, 0.15) is 6.92 Å². The van der Waals surface area contributed by atoms with Gasteiger partial charge in [0.05, 0.1) is 0 Å². The molecule has 1 aliphatic heterocycles. The van der Waals surface area contributed by atoms with Gasteiger partial charge in [-0.2, -0.15) is 0 Å². The van der Waals surface area contributed by atoms with Crippen molar-refractivity contribution in [2.45, 2.75) is 13.0 Å². The topological polar surface area (TPSA) is 23.3 Å². The van der Waals surface area contributed by atoms with Crippen LogP contribution in [0.15, 0.2) is 0 Å². The molecular formula is C5H10NOW-. The first-order valence-corrected chi connectivity index (χ1v) is 2.64. The minimum atomic E-state index is 0. The van der Waals surface area contributed by atoms with Gasteiger partial charge < -0.3 is 10.1 Å². The van der Waals surface area contributed by atoms with Crippen molar-refractivity contribution >= 4 is 0 Å². The van der Waals surface area contributed by atoms with Crippen LogP contribution in [0.2, 0.25) is 0 Å². The largest absolute Gasteiger partial charge is 0.658 e. The molecule has 8 heavy (non-hydrogen) atoms. The summed E-state index contributed by atoms with van der Waals surface area (Å²) < 4.78 is 5.18. The van der Waals surface area contributed by atoms with Gasteiger partial charge in [0.15, 0.2) is 0 Å². The van der Waals surface area contributed by atoms with E-state index in [1.165, 1.54) is 0 Å². The zero-order valence-corrected chi connectivity index (χ0v) is 7.90. The van der Waals surface area contributed by atoms with E-state index in [1.807, 2.05) is 6.92 Å². The molecule has 0 aromatic rings. The molecule has 0 spiro atoms. The first kappa shape index (κ1) is 8.61. The summed E-state index contributed by atoms with van der Waals surface area (Å²) in [7, 11) is 0. The predicted molar refractivity (Wildman–Crippen MR) is 28.5 cm³/mol. The Labute approximate surface area is 64.2 Å². The van der Waals surface area contributed by atoms with Crippen LogP contribution < -0.4 is 0 Å². The number of morpholine rings is 1. The van der Waals surface area contributed by atoms with Gasteiger partial charge in [-0.15, -0.1) is 13.1 Å². The molecule has 0 radical (unpaired) electrons. The summed E-state index contributed by atoms with van der Waals surface area (Å²) in [5, 5.41) is 4.13. The molecule has 1 atom stereocenters. The molecule has 0 aromatic carbocycles. The van der Waals surface area contributed by atoms with Crippen molar-refractivity contribution in [3.05, 3.63) is 5.32 Å². The molecule has 0 bridgehead atoms. The zero-order valence-electron chi connectivity index (χ0n) is 4.96. The molecule has 1 aliphatic rings. The molecule has 1 heterocycles. The van der Waals surface area contributed by atoms with E-state index in [0.717, 1.165) is 19.7 Å². The van der Waals surface area contributed by atoms with Crippen molar-refractivity contribution < 1.29 is 25.8 Å². The van der Waals surface area contributed by atoms with Crippen molar-refractivity contribution in [2.75, 3.05) is 19.7 Å². The Morgan fingerprint density at radius 1 is 1.62 bits per heavy atom. The van der Waals surface area contributed by atoms with Crippen molar-refractivity contribution in [2.24, 2.45) is 0 Å². The SMILES string of the molecule is CC1C[N-]CCO1.[W]. The first-order chi connectivity index (χ1) is 3.39. The first-order valence-electron chi connectivity index (χ1n) is 2.64. The average molecular weight is 284 g/mol. The van der Waals surface area contributed by atoms with E-state index >= 15 is 0 Å². The Morgan fingerprint density at radius 2 is 2.38 bits per heavy atom. The fourth-order valence-corrected chi connectivity index (χ4v) is 0.644. The molecule has 0 saturated carbocycles. The van der Waals surface area contributed by atoms with E-state index in [2.05, 4.69) is 5.32 Å². The maximum atomic E-state index is 5.18. The molecule has 1 fully saturated rings. The Hall–Kier alpha value is 0.608. The number of hydrogen-bond donors (Lipinski definition) is 0. The Morgan fingerprint density at radius 3 is 2.62 bits per heavy atom. The molecule has 2 nitrogen and oxygen atoms in total. The maximum absolute atomic E-state index is 5.18. The van der Waals surface area contributed by atoms with E-state index in [1.54, 1.807) is 0 Å². The van der Waals surface area contributed by atoms with Crippen LogP contribution in [-0.4, -0.2) is 25.8 Å². The van der Waals surface area contributed by atoms with Crippen LogP contribution in [0, 0.1) is 0 Å². The standard InChI is InChI=1S/C5H10NO.W/c1-5-4-6-2-3-7-5;/h5H,2-4H2,1H3;/q-1;. The van der Waals surface area contributed by atoms with Crippen LogP contribution in [0.5, 0.6) is 0 Å². The van der Waals surface area contributed by atoms with E-state index in [4.69, 9.17) is 4.74 Å². The summed E-state index contributed by atoms with van der Waals surface area (Å²) in [6.07, 6.45) is 0.369. The summed E-state index contributed by atoms with van der Waals surface area (Å²) in [5.74, 6) is 0. The Balaban J connectivity index is 0.000000490. The van der Waals surface area contributed by atoms with Gasteiger partial charge in [-0.1, -0.05) is 0 Å². The van der Waals surface area contributed by atoms with E-state index in [9.17, 15) is 0 Å². The molecule has 0 aliphatic carbocycles. The third kappa shape index (κ3) is 2.80. The van der Waals surface area contributed by atoms with Gasteiger partial charge in [0.25, 0.3) is 0 Å². The zero-order chi connectivity index (χ0) is 5.11. The minimum absolute atomic E-state index is 0. The Kier molecular flexibility index (Phi) is 4.82. The maximum Gasteiger partial charge on any atom is 0.0359 e. The summed E-state index contributed by atoms with van der Waals surface area (Å²) in [4.78, 5) is 0. The molecule has 1 unspecified atom stereocenters. The fraction of sp³-hybridized carbons (Fsp3) is 1.00. The molecule has 0 amide bonds. The third-order valence-corrected chi connectivity index (χ3v) is 1.04. The molecular weight excluding hydrogens is 274 g/mol.